The van der Waals surface area contributed by atoms with E-state index in [1.165, 1.54) is 24.8 Å². The Labute approximate surface area is 206 Å². The molecule has 184 valence electrons. The number of hydrogen-bond acceptors (Lipinski definition) is 6. The molecule has 1 aliphatic carbocycles. The number of benzene rings is 2. The fourth-order valence-corrected chi connectivity index (χ4v) is 5.51. The van der Waals surface area contributed by atoms with E-state index in [1.807, 2.05) is 29.2 Å². The first kappa shape index (κ1) is 22.6. The smallest absolute Gasteiger partial charge is 0.387 e. The minimum atomic E-state index is -2.92. The van der Waals surface area contributed by atoms with Gasteiger partial charge >= 0.3 is 6.61 Å². The van der Waals surface area contributed by atoms with Crippen LogP contribution in [-0.2, 0) is 5.54 Å². The summed E-state index contributed by atoms with van der Waals surface area (Å²) in [7, 11) is 0. The molecule has 2 N–H and O–H groups in total. The molecule has 6 rings (SSSR count). The van der Waals surface area contributed by atoms with Crippen LogP contribution in [0.4, 0.5) is 13.2 Å². The van der Waals surface area contributed by atoms with Gasteiger partial charge in [0.05, 0.1) is 0 Å². The molecule has 1 atom stereocenters. The van der Waals surface area contributed by atoms with Crippen LogP contribution < -0.4 is 10.5 Å². The van der Waals surface area contributed by atoms with Gasteiger partial charge in [-0.1, -0.05) is 36.8 Å². The summed E-state index contributed by atoms with van der Waals surface area (Å²) in [4.78, 5) is 15.7. The number of aliphatic imine (C=N–C) groups is 2. The lowest BCUT2D eigenvalue weighted by atomic mass is 9.67. The molecule has 36 heavy (non-hydrogen) atoms. The summed E-state index contributed by atoms with van der Waals surface area (Å²) in [5.74, 6) is 0.505. The fraction of sp³-hybridized carbons (Fsp3) is 0.296. The molecular formula is C27H24F3N5O. The van der Waals surface area contributed by atoms with Crippen LogP contribution in [0, 0.1) is 11.4 Å². The summed E-state index contributed by atoms with van der Waals surface area (Å²) < 4.78 is 44.6. The molecule has 1 spiro atoms. The van der Waals surface area contributed by atoms with Crippen LogP contribution in [0.1, 0.15) is 30.4 Å². The van der Waals surface area contributed by atoms with E-state index in [0.29, 0.717) is 35.0 Å². The van der Waals surface area contributed by atoms with Crippen LogP contribution in [0.25, 0.3) is 11.1 Å². The summed E-state index contributed by atoms with van der Waals surface area (Å²) in [6.07, 6.45) is 4.76. The molecule has 0 bridgehead atoms. The van der Waals surface area contributed by atoms with Gasteiger partial charge in [0.2, 0.25) is 5.95 Å². The third kappa shape index (κ3) is 3.53. The maximum atomic E-state index is 14.5. The van der Waals surface area contributed by atoms with Crippen molar-refractivity contribution in [3.05, 3.63) is 83.9 Å². The molecular weight excluding hydrogens is 467 g/mol. The fourth-order valence-electron chi connectivity index (χ4n) is 5.51. The average molecular weight is 492 g/mol. The standard InChI is InChI=1S/C27H24F3N5O/c28-22-21(6-2-13-32-22)17-4-1-5-19(14-17)27(18-7-9-20(10-8-18)36-24(29)30)23-33-15-26(11-3-12-26)16-35(23)25(31)34-27/h1-2,4-10,13-14,24H,3,11-12,15-16H2,(H2,31,34). The van der Waals surface area contributed by atoms with Gasteiger partial charge in [0.1, 0.15) is 11.6 Å². The van der Waals surface area contributed by atoms with E-state index in [-0.39, 0.29) is 11.2 Å². The molecule has 3 aromatic rings. The van der Waals surface area contributed by atoms with Gasteiger partial charge in [0.25, 0.3) is 0 Å². The minimum absolute atomic E-state index is 0.0425. The number of nitrogens with zero attached hydrogens (tertiary/aromatic N) is 4. The van der Waals surface area contributed by atoms with E-state index < -0.39 is 18.1 Å². The molecule has 2 aromatic carbocycles. The third-order valence-corrected chi connectivity index (χ3v) is 7.46. The Bertz CT molecular complexity index is 1370. The van der Waals surface area contributed by atoms with Crippen molar-refractivity contribution in [1.82, 2.24) is 9.88 Å². The van der Waals surface area contributed by atoms with E-state index >= 15 is 0 Å². The molecule has 1 aromatic heterocycles. The molecule has 0 saturated heterocycles. The van der Waals surface area contributed by atoms with Crippen molar-refractivity contribution in [1.29, 1.82) is 0 Å². The van der Waals surface area contributed by atoms with Crippen molar-refractivity contribution in [3.8, 4) is 16.9 Å². The number of hydrogen-bond donors (Lipinski definition) is 1. The number of pyridine rings is 1. The quantitative estimate of drug-likeness (QED) is 0.513. The summed E-state index contributed by atoms with van der Waals surface area (Å²) in [5.41, 5.74) is 7.93. The van der Waals surface area contributed by atoms with Crippen LogP contribution >= 0.6 is 0 Å². The van der Waals surface area contributed by atoms with Gasteiger partial charge < -0.3 is 10.5 Å². The molecule has 1 fully saturated rings. The van der Waals surface area contributed by atoms with E-state index in [0.717, 1.165) is 24.9 Å². The highest BCUT2D eigenvalue weighted by atomic mass is 19.3. The maximum absolute atomic E-state index is 14.5. The predicted octanol–water partition coefficient (Wildman–Crippen LogP) is 4.95. The first-order valence-electron chi connectivity index (χ1n) is 11.8. The van der Waals surface area contributed by atoms with Gasteiger partial charge in [-0.2, -0.15) is 13.2 Å². The van der Waals surface area contributed by atoms with Crippen LogP contribution in [-0.4, -0.2) is 41.4 Å². The number of nitrogens with two attached hydrogens (primary N) is 1. The number of guanidine groups is 1. The zero-order valence-electron chi connectivity index (χ0n) is 19.4. The van der Waals surface area contributed by atoms with Gasteiger partial charge in [0.15, 0.2) is 11.5 Å². The molecule has 2 aliphatic heterocycles. The number of alkyl halides is 2. The molecule has 1 saturated carbocycles. The van der Waals surface area contributed by atoms with Crippen molar-refractivity contribution < 1.29 is 17.9 Å². The average Bonchev–Trinajstić information content (AvgIpc) is 3.16. The lowest BCUT2D eigenvalue weighted by Crippen LogP contribution is -2.55. The molecule has 1 unspecified atom stereocenters. The van der Waals surface area contributed by atoms with Gasteiger partial charge in [0, 0.05) is 30.3 Å². The SMILES string of the molecule is NC1=NC(c2ccc(OC(F)F)cc2)(c2cccc(-c3cccnc3F)c2)C2=NCC3(CCC3)CN12. The van der Waals surface area contributed by atoms with Crippen molar-refractivity contribution in [2.75, 3.05) is 13.1 Å². The van der Waals surface area contributed by atoms with E-state index in [4.69, 9.17) is 15.7 Å². The Morgan fingerprint density at radius 1 is 1.00 bits per heavy atom. The molecule has 0 amide bonds. The highest BCUT2D eigenvalue weighted by Crippen LogP contribution is 2.49. The largest absolute Gasteiger partial charge is 0.435 e. The normalized spacial score (nSPS) is 22.2. The number of rotatable bonds is 5. The Balaban J connectivity index is 1.52. The second-order valence-corrected chi connectivity index (χ2v) is 9.59. The molecule has 9 heteroatoms. The number of aromatic nitrogens is 1. The second-order valence-electron chi connectivity index (χ2n) is 9.59. The van der Waals surface area contributed by atoms with Gasteiger partial charge in [-0.05, 0) is 59.9 Å². The van der Waals surface area contributed by atoms with Crippen molar-refractivity contribution in [3.63, 3.8) is 0 Å². The summed E-state index contributed by atoms with van der Waals surface area (Å²) in [5, 5.41) is 0. The van der Waals surface area contributed by atoms with Crippen LogP contribution in [0.3, 0.4) is 0 Å². The number of halogens is 3. The first-order chi connectivity index (χ1) is 17.4. The van der Waals surface area contributed by atoms with E-state index in [1.54, 1.807) is 24.3 Å². The zero-order chi connectivity index (χ0) is 24.9. The van der Waals surface area contributed by atoms with Crippen molar-refractivity contribution in [2.45, 2.75) is 31.4 Å². The van der Waals surface area contributed by atoms with E-state index in [9.17, 15) is 13.2 Å². The molecule has 3 aliphatic rings. The molecule has 3 heterocycles. The number of amidine groups is 1. The van der Waals surface area contributed by atoms with Crippen LogP contribution in [0.2, 0.25) is 0 Å². The Morgan fingerprint density at radius 3 is 2.50 bits per heavy atom. The number of ether oxygens (including phenoxy) is 1. The van der Waals surface area contributed by atoms with Gasteiger partial charge in [-0.25, -0.2) is 9.98 Å². The van der Waals surface area contributed by atoms with Crippen LogP contribution in [0.15, 0.2) is 76.8 Å². The molecule has 0 radical (unpaired) electrons. The second kappa shape index (κ2) is 8.36. The Morgan fingerprint density at radius 2 is 1.81 bits per heavy atom. The Hall–Kier alpha value is -3.88. The Kier molecular flexibility index (Phi) is 5.24. The number of fused-ring (bicyclic) bond motifs is 1. The highest BCUT2D eigenvalue weighted by Gasteiger charge is 2.53. The summed E-state index contributed by atoms with van der Waals surface area (Å²) in [6, 6.07) is 17.1. The van der Waals surface area contributed by atoms with Crippen molar-refractivity contribution in [2.24, 2.45) is 21.1 Å². The van der Waals surface area contributed by atoms with Gasteiger partial charge in [-0.3, -0.25) is 9.89 Å². The highest BCUT2D eigenvalue weighted by molar-refractivity contribution is 6.12. The minimum Gasteiger partial charge on any atom is -0.435 e. The van der Waals surface area contributed by atoms with Crippen LogP contribution in [0.5, 0.6) is 5.75 Å². The topological polar surface area (TPSA) is 76.1 Å². The monoisotopic (exact) mass is 491 g/mol. The first-order valence-corrected chi connectivity index (χ1v) is 11.8. The van der Waals surface area contributed by atoms with Gasteiger partial charge in [-0.15, -0.1) is 0 Å². The van der Waals surface area contributed by atoms with Crippen molar-refractivity contribution >= 4 is 11.8 Å². The molecule has 6 nitrogen and oxygen atoms in total. The summed E-state index contributed by atoms with van der Waals surface area (Å²) in [6.45, 7) is -1.52. The summed E-state index contributed by atoms with van der Waals surface area (Å²) >= 11 is 0. The lowest BCUT2D eigenvalue weighted by molar-refractivity contribution is -0.0498. The van der Waals surface area contributed by atoms with E-state index in [2.05, 4.69) is 9.72 Å². The maximum Gasteiger partial charge on any atom is 0.387 e. The zero-order valence-corrected chi connectivity index (χ0v) is 19.4. The predicted molar refractivity (Wildman–Crippen MR) is 130 cm³/mol. The third-order valence-electron chi connectivity index (χ3n) is 7.46. The lowest BCUT2D eigenvalue weighted by Gasteiger charge is -2.47.